The van der Waals surface area contributed by atoms with Crippen LogP contribution < -0.4 is 39.4 Å². The number of ether oxygens (including phenoxy) is 2. The number of halogens is 2. The Morgan fingerprint density at radius 1 is 0.605 bits per heavy atom. The Morgan fingerprint density at radius 3 is 1.37 bits per heavy atom. The van der Waals surface area contributed by atoms with E-state index in [9.17, 15) is 26.4 Å². The molecule has 10 rings (SSSR count). The molecule has 0 saturated heterocycles. The number of hydrogen-bond donors (Lipinski definition) is 4. The summed E-state index contributed by atoms with van der Waals surface area (Å²) in [4.78, 5) is 47.1. The van der Waals surface area contributed by atoms with Crippen LogP contribution in [0.2, 0.25) is 0 Å². The number of amides is 2. The Balaban J connectivity index is 0.000000186. The minimum atomic E-state index is -3.73. The molecule has 76 heavy (non-hydrogen) atoms. The molecular weight excluding hydrogens is 1020 g/mol. The summed E-state index contributed by atoms with van der Waals surface area (Å²) in [5, 5.41) is 7.17. The number of pyridine rings is 4. The molecule has 2 saturated carbocycles. The van der Waals surface area contributed by atoms with Crippen LogP contribution >= 0.6 is 0 Å². The Morgan fingerprint density at radius 2 is 1.01 bits per heavy atom. The molecule has 2 amide bonds. The minimum absolute atomic E-state index is 0.0451. The second-order valence-corrected chi connectivity index (χ2v) is 25.0. The molecule has 0 unspecified atom stereocenters. The maximum absolute atomic E-state index is 15.5. The van der Waals surface area contributed by atoms with Gasteiger partial charge < -0.3 is 29.9 Å². The van der Waals surface area contributed by atoms with Gasteiger partial charge in [0.25, 0.3) is 0 Å². The Bertz CT molecular complexity index is 3520. The lowest BCUT2D eigenvalue weighted by Crippen LogP contribution is -2.43. The number of anilines is 4. The van der Waals surface area contributed by atoms with E-state index in [2.05, 4.69) is 40.0 Å². The van der Waals surface area contributed by atoms with Crippen molar-refractivity contribution in [3.05, 3.63) is 83.9 Å². The van der Waals surface area contributed by atoms with Crippen molar-refractivity contribution >= 4 is 76.4 Å². The molecule has 2 aliphatic heterocycles. The van der Waals surface area contributed by atoms with E-state index in [-0.39, 0.29) is 71.4 Å². The van der Waals surface area contributed by atoms with Gasteiger partial charge in [0, 0.05) is 108 Å². The van der Waals surface area contributed by atoms with E-state index in [0.29, 0.717) is 46.0 Å². The molecule has 2 aliphatic carbocycles. The van der Waals surface area contributed by atoms with Crippen LogP contribution in [-0.2, 0) is 40.5 Å². The Labute approximate surface area is 441 Å². The van der Waals surface area contributed by atoms with Gasteiger partial charge in [0.15, 0.2) is 0 Å². The number of fused-ring (bicyclic) bond motifs is 8. The molecule has 6 aromatic rings. The van der Waals surface area contributed by atoms with Gasteiger partial charge in [-0.3, -0.25) is 29.0 Å². The third-order valence-corrected chi connectivity index (χ3v) is 17.0. The Hall–Kier alpha value is -6.62. The first kappa shape index (κ1) is 54.2. The summed E-state index contributed by atoms with van der Waals surface area (Å²) in [6.45, 7) is 12.8. The number of carbonyl (C=O) groups excluding carboxylic acids is 2. The smallest absolute Gasteiger partial charge is 0.238 e. The maximum atomic E-state index is 15.5. The maximum Gasteiger partial charge on any atom is 0.238 e. The highest BCUT2D eigenvalue weighted by Crippen LogP contribution is 2.57. The van der Waals surface area contributed by atoms with Crippen LogP contribution in [0.3, 0.4) is 0 Å². The van der Waals surface area contributed by atoms with Crippen molar-refractivity contribution in [1.29, 1.82) is 0 Å². The zero-order valence-electron chi connectivity index (χ0n) is 44.1. The topological polar surface area (TPSA) is 227 Å². The number of nitrogens with zero attached hydrogens (tertiary/aromatic N) is 6. The third-order valence-electron chi connectivity index (χ3n) is 14.7. The van der Waals surface area contributed by atoms with Crippen LogP contribution in [0.25, 0.3) is 44.1 Å². The molecule has 4 aromatic heterocycles. The van der Waals surface area contributed by atoms with Crippen LogP contribution in [-0.4, -0.2) is 113 Å². The van der Waals surface area contributed by atoms with Gasteiger partial charge in [-0.1, -0.05) is 40.5 Å². The fraction of sp³-hybridized carbons (Fsp3) is 0.444. The van der Waals surface area contributed by atoms with Crippen molar-refractivity contribution in [3.63, 3.8) is 0 Å². The van der Waals surface area contributed by atoms with Crippen molar-refractivity contribution in [2.24, 2.45) is 0 Å². The quantitative estimate of drug-likeness (QED) is 0.0636. The van der Waals surface area contributed by atoms with Gasteiger partial charge in [0.05, 0.1) is 57.1 Å². The summed E-state index contributed by atoms with van der Waals surface area (Å²) in [5.74, 6) is -0.748. The lowest BCUT2D eigenvalue weighted by atomic mass is 9.64. The molecule has 404 valence electrons. The number of benzene rings is 2. The first-order chi connectivity index (χ1) is 35.9. The zero-order valence-corrected chi connectivity index (χ0v) is 45.7. The number of sulfonamides is 2. The second kappa shape index (κ2) is 20.7. The van der Waals surface area contributed by atoms with E-state index in [1.54, 1.807) is 62.3 Å². The van der Waals surface area contributed by atoms with Crippen LogP contribution in [0, 0.1) is 11.6 Å². The molecule has 2 spiro atoms. The molecule has 0 atom stereocenters. The molecule has 4 aliphatic rings. The van der Waals surface area contributed by atoms with Crippen molar-refractivity contribution in [2.45, 2.75) is 108 Å². The summed E-state index contributed by atoms with van der Waals surface area (Å²) in [5.41, 5.74) is 4.47. The summed E-state index contributed by atoms with van der Waals surface area (Å²) >= 11 is 0. The Kier molecular flexibility index (Phi) is 14.8. The van der Waals surface area contributed by atoms with Crippen molar-refractivity contribution in [1.82, 2.24) is 30.6 Å². The lowest BCUT2D eigenvalue weighted by Gasteiger charge is -2.37. The molecule has 0 radical (unpaired) electrons. The van der Waals surface area contributed by atoms with Crippen molar-refractivity contribution in [3.8, 4) is 34.0 Å². The monoisotopic (exact) mass is 1080 g/mol. The van der Waals surface area contributed by atoms with Crippen LogP contribution in [0.5, 0.6) is 11.8 Å². The number of aromatic nitrogens is 4. The summed E-state index contributed by atoms with van der Waals surface area (Å²) in [6, 6.07) is 9.69. The molecule has 0 bridgehead atoms. The number of carbonyl (C=O) groups is 2. The van der Waals surface area contributed by atoms with E-state index >= 15 is 8.78 Å². The molecule has 6 heterocycles. The summed E-state index contributed by atoms with van der Waals surface area (Å²) in [6.07, 6.45) is 12.1. The molecule has 22 heteroatoms. The third kappa shape index (κ3) is 10.1. The molecule has 18 nitrogen and oxygen atoms in total. The van der Waals surface area contributed by atoms with Crippen molar-refractivity contribution in [2.75, 3.05) is 65.9 Å². The zero-order chi connectivity index (χ0) is 54.6. The van der Waals surface area contributed by atoms with Gasteiger partial charge in [0.2, 0.25) is 43.6 Å². The number of nitrogens with one attached hydrogen (secondary N) is 4. The number of rotatable bonds is 17. The van der Waals surface area contributed by atoms with E-state index in [4.69, 9.17) is 9.47 Å². The summed E-state index contributed by atoms with van der Waals surface area (Å²) in [7, 11) is -3.88. The molecule has 2 fully saturated rings. The average molecular weight is 1080 g/mol. The van der Waals surface area contributed by atoms with E-state index in [1.807, 2.05) is 27.7 Å². The molecular formula is C54H64F2N10O8S2. The SMILES string of the molecule is CC(C)NCCOc1ncc(-c2cc3c4c(cnc3cc2F)N(C)C(=O)C42CCC2)cc1NS(=O)(=O)C(C)C.CC(C)NCCOc1ncc(-c2cc3c4c(cnc3cc2F)N(C)C(=O)C42CCC2)cc1NS(C)(=O)=O. The van der Waals surface area contributed by atoms with Crippen molar-refractivity contribution < 1.29 is 44.7 Å². The van der Waals surface area contributed by atoms with Gasteiger partial charge in [-0.15, -0.1) is 0 Å². The van der Waals surface area contributed by atoms with Gasteiger partial charge >= 0.3 is 0 Å². The lowest BCUT2D eigenvalue weighted by molar-refractivity contribution is -0.126. The highest BCUT2D eigenvalue weighted by molar-refractivity contribution is 7.93. The van der Waals surface area contributed by atoms with Gasteiger partial charge in [0.1, 0.15) is 36.2 Å². The first-order valence-electron chi connectivity index (χ1n) is 25.5. The standard InChI is InChI=1S/C28H34FN5O4S.C26H30FN5O4S/c1-16(2)30-9-10-38-26-23(33-39(36,37)17(3)4)11-18(14-32-26)19-12-20-22(13-21(19)29)31-15-24-25(20)28(7-6-8-28)27(35)34(24)5;1-15(2)28-8-9-36-24-21(31-37(4,34)35)10-16(13-30-24)17-11-18-20(12-19(17)27)29-14-22-23(18)26(6-5-7-26)25(33)32(22)3/h11-17,30,33H,6-10H2,1-5H3;10-15,28,31H,5-9H2,1-4H3. The largest absolute Gasteiger partial charge is 0.475 e. The van der Waals surface area contributed by atoms with E-state index in [1.165, 1.54) is 36.7 Å². The van der Waals surface area contributed by atoms with E-state index < -0.39 is 47.8 Å². The normalized spacial score (nSPS) is 16.3. The predicted molar refractivity (Wildman–Crippen MR) is 291 cm³/mol. The number of likely N-dealkylation sites (N-methyl/N-ethyl adjacent to an activating group) is 2. The first-order valence-corrected chi connectivity index (χ1v) is 28.9. The minimum Gasteiger partial charge on any atom is -0.475 e. The predicted octanol–water partition coefficient (Wildman–Crippen LogP) is 7.94. The fourth-order valence-electron chi connectivity index (χ4n) is 10.5. The van der Waals surface area contributed by atoms with E-state index in [0.717, 1.165) is 67.3 Å². The fourth-order valence-corrected chi connectivity index (χ4v) is 11.7. The van der Waals surface area contributed by atoms with Gasteiger partial charge in [-0.05, 0) is 63.8 Å². The van der Waals surface area contributed by atoms with Gasteiger partial charge in [-0.25, -0.2) is 35.6 Å². The van der Waals surface area contributed by atoms with Crippen LogP contribution in [0.4, 0.5) is 31.5 Å². The summed E-state index contributed by atoms with van der Waals surface area (Å²) < 4.78 is 96.9. The average Bonchev–Trinajstić information content (AvgIpc) is 3.71. The van der Waals surface area contributed by atoms with Crippen LogP contribution in [0.1, 0.15) is 91.2 Å². The molecule has 4 N–H and O–H groups in total. The highest BCUT2D eigenvalue weighted by atomic mass is 32.2. The second-order valence-electron chi connectivity index (χ2n) is 21.0. The number of hydrogen-bond acceptors (Lipinski definition) is 14. The highest BCUT2D eigenvalue weighted by Gasteiger charge is 2.55. The van der Waals surface area contributed by atoms with Crippen LogP contribution in [0.15, 0.2) is 61.2 Å². The molecule has 2 aromatic carbocycles. The van der Waals surface area contributed by atoms with Gasteiger partial charge in [-0.2, -0.15) is 0 Å².